The molecular formula is C11H10BrN3O2. The quantitative estimate of drug-likeness (QED) is 0.796. The molecule has 0 unspecified atom stereocenters. The van der Waals surface area contributed by atoms with Crippen molar-refractivity contribution in [2.75, 3.05) is 7.11 Å². The summed E-state index contributed by atoms with van der Waals surface area (Å²) in [5, 5.41) is 0. The molecule has 2 aromatic heterocycles. The Kier molecular flexibility index (Phi) is 3.23. The fourth-order valence-corrected chi connectivity index (χ4v) is 1.79. The number of hydrogen-bond acceptors (Lipinski definition) is 4. The Bertz CT molecular complexity index is 566. The maximum atomic E-state index is 11.4. The zero-order valence-electron chi connectivity index (χ0n) is 9.35. The third kappa shape index (κ3) is 2.21. The van der Waals surface area contributed by atoms with Crippen LogP contribution in [0.4, 0.5) is 0 Å². The van der Waals surface area contributed by atoms with Crippen molar-refractivity contribution >= 4 is 21.9 Å². The number of carbonyl (C=O) groups excluding carboxylic acids is 1. The van der Waals surface area contributed by atoms with Crippen LogP contribution in [0.5, 0.6) is 0 Å². The van der Waals surface area contributed by atoms with Crippen LogP contribution < -0.4 is 0 Å². The van der Waals surface area contributed by atoms with E-state index in [1.54, 1.807) is 24.7 Å². The molecule has 2 rings (SSSR count). The van der Waals surface area contributed by atoms with Crippen LogP contribution >= 0.6 is 15.9 Å². The molecule has 6 heteroatoms. The predicted molar refractivity (Wildman–Crippen MR) is 65.5 cm³/mol. The molecule has 2 aromatic rings. The number of nitrogens with zero attached hydrogens (tertiary/aromatic N) is 3. The molecule has 0 aromatic carbocycles. The minimum atomic E-state index is -0.388. The van der Waals surface area contributed by atoms with Crippen LogP contribution in [0.25, 0.3) is 11.4 Å². The highest BCUT2D eigenvalue weighted by atomic mass is 79.9. The van der Waals surface area contributed by atoms with Gasteiger partial charge in [0.1, 0.15) is 10.3 Å². The number of methoxy groups -OCH3 is 1. The average Bonchev–Trinajstić information content (AvgIpc) is 2.69. The van der Waals surface area contributed by atoms with Gasteiger partial charge in [-0.1, -0.05) is 0 Å². The second-order valence-electron chi connectivity index (χ2n) is 3.42. The van der Waals surface area contributed by atoms with Crippen LogP contribution in [0.3, 0.4) is 0 Å². The topological polar surface area (TPSA) is 57.0 Å². The maximum Gasteiger partial charge on any atom is 0.337 e. The fourth-order valence-electron chi connectivity index (χ4n) is 1.39. The first-order valence-electron chi connectivity index (χ1n) is 4.85. The first-order chi connectivity index (χ1) is 8.13. The van der Waals surface area contributed by atoms with Gasteiger partial charge in [0.05, 0.1) is 24.7 Å². The summed E-state index contributed by atoms with van der Waals surface area (Å²) in [5.41, 5.74) is 1.77. The molecule has 0 amide bonds. The lowest BCUT2D eigenvalue weighted by Gasteiger charge is -2.02. The number of carbonyl (C=O) groups is 1. The molecule has 5 nitrogen and oxygen atoms in total. The molecule has 0 radical (unpaired) electrons. The fraction of sp³-hybridized carbons (Fsp3) is 0.182. The van der Waals surface area contributed by atoms with E-state index in [-0.39, 0.29) is 5.97 Å². The van der Waals surface area contributed by atoms with Gasteiger partial charge in [0.15, 0.2) is 0 Å². The third-order valence-corrected chi connectivity index (χ3v) is 3.22. The Labute approximate surface area is 107 Å². The summed E-state index contributed by atoms with van der Waals surface area (Å²) in [7, 11) is 3.21. The SMILES string of the molecule is COC(=O)c1ccnc(-c2ncn(C)c2Br)c1. The summed E-state index contributed by atoms with van der Waals surface area (Å²) in [4.78, 5) is 19.8. The van der Waals surface area contributed by atoms with Gasteiger partial charge in [0.25, 0.3) is 0 Å². The lowest BCUT2D eigenvalue weighted by molar-refractivity contribution is 0.0600. The standard InChI is InChI=1S/C11H10BrN3O2/c1-15-6-14-9(10(15)12)8-5-7(3-4-13-8)11(16)17-2/h3-6H,1-2H3. The minimum absolute atomic E-state index is 0.388. The average molecular weight is 296 g/mol. The highest BCUT2D eigenvalue weighted by Crippen LogP contribution is 2.25. The summed E-state index contributed by atoms with van der Waals surface area (Å²) < 4.78 is 7.29. The number of pyridine rings is 1. The molecule has 0 spiro atoms. The summed E-state index contributed by atoms with van der Waals surface area (Å²) >= 11 is 3.41. The van der Waals surface area contributed by atoms with Crippen molar-refractivity contribution < 1.29 is 9.53 Å². The number of imidazole rings is 1. The van der Waals surface area contributed by atoms with Crippen molar-refractivity contribution in [1.82, 2.24) is 14.5 Å². The van der Waals surface area contributed by atoms with E-state index in [0.717, 1.165) is 4.60 Å². The normalized spacial score (nSPS) is 10.3. The highest BCUT2D eigenvalue weighted by Gasteiger charge is 2.12. The van der Waals surface area contributed by atoms with Crippen LogP contribution in [0.15, 0.2) is 29.3 Å². The van der Waals surface area contributed by atoms with Gasteiger partial charge in [0.2, 0.25) is 0 Å². The first-order valence-corrected chi connectivity index (χ1v) is 5.64. The molecule has 0 saturated heterocycles. The molecule has 2 heterocycles. The number of hydrogen-bond donors (Lipinski definition) is 0. The summed E-state index contributed by atoms with van der Waals surface area (Å²) in [6.45, 7) is 0. The Morgan fingerprint density at radius 2 is 2.24 bits per heavy atom. The Hall–Kier alpha value is -1.69. The molecule has 17 heavy (non-hydrogen) atoms. The van der Waals surface area contributed by atoms with E-state index in [1.807, 2.05) is 11.6 Å². The number of aromatic nitrogens is 3. The maximum absolute atomic E-state index is 11.4. The van der Waals surface area contributed by atoms with Crippen molar-refractivity contribution in [3.05, 3.63) is 34.8 Å². The molecule has 88 valence electrons. The van der Waals surface area contributed by atoms with Crippen molar-refractivity contribution in [3.8, 4) is 11.4 Å². The molecule has 0 aliphatic rings. The number of ether oxygens (including phenoxy) is 1. The van der Waals surface area contributed by atoms with E-state index in [4.69, 9.17) is 0 Å². The highest BCUT2D eigenvalue weighted by molar-refractivity contribution is 9.10. The molecule has 0 aliphatic carbocycles. The van der Waals surface area contributed by atoms with Crippen LogP contribution in [0, 0.1) is 0 Å². The second-order valence-corrected chi connectivity index (χ2v) is 4.17. The number of esters is 1. The molecule has 0 atom stereocenters. The smallest absolute Gasteiger partial charge is 0.337 e. The summed E-state index contributed by atoms with van der Waals surface area (Å²) in [6.07, 6.45) is 3.23. The van der Waals surface area contributed by atoms with Crippen LogP contribution in [-0.4, -0.2) is 27.6 Å². The molecule has 0 saturated carbocycles. The molecule has 0 aliphatic heterocycles. The number of rotatable bonds is 2. The lowest BCUT2D eigenvalue weighted by Crippen LogP contribution is -2.01. The van der Waals surface area contributed by atoms with Crippen molar-refractivity contribution in [2.24, 2.45) is 7.05 Å². The Morgan fingerprint density at radius 3 is 2.82 bits per heavy atom. The molecule has 0 fully saturated rings. The van der Waals surface area contributed by atoms with Gasteiger partial charge >= 0.3 is 5.97 Å². The van der Waals surface area contributed by atoms with Gasteiger partial charge in [0, 0.05) is 13.2 Å². The zero-order chi connectivity index (χ0) is 12.4. The van der Waals surface area contributed by atoms with Crippen molar-refractivity contribution in [2.45, 2.75) is 0 Å². The Morgan fingerprint density at radius 1 is 1.47 bits per heavy atom. The third-order valence-electron chi connectivity index (χ3n) is 2.29. The molecular weight excluding hydrogens is 286 g/mol. The van der Waals surface area contributed by atoms with Gasteiger partial charge in [-0.15, -0.1) is 0 Å². The van der Waals surface area contributed by atoms with Gasteiger partial charge in [-0.3, -0.25) is 4.98 Å². The van der Waals surface area contributed by atoms with Crippen LogP contribution in [-0.2, 0) is 11.8 Å². The summed E-state index contributed by atoms with van der Waals surface area (Å²) in [5.74, 6) is -0.388. The van der Waals surface area contributed by atoms with Crippen molar-refractivity contribution in [3.63, 3.8) is 0 Å². The van der Waals surface area contributed by atoms with E-state index >= 15 is 0 Å². The molecule has 0 N–H and O–H groups in total. The van der Waals surface area contributed by atoms with E-state index in [0.29, 0.717) is 17.0 Å². The minimum Gasteiger partial charge on any atom is -0.465 e. The number of halogens is 1. The number of aryl methyl sites for hydroxylation is 1. The van der Waals surface area contributed by atoms with Crippen LogP contribution in [0.1, 0.15) is 10.4 Å². The Balaban J connectivity index is 2.47. The van der Waals surface area contributed by atoms with E-state index in [1.165, 1.54) is 7.11 Å². The van der Waals surface area contributed by atoms with E-state index in [2.05, 4.69) is 30.6 Å². The first kappa shape index (κ1) is 11.8. The largest absolute Gasteiger partial charge is 0.465 e. The zero-order valence-corrected chi connectivity index (χ0v) is 10.9. The van der Waals surface area contributed by atoms with Crippen LogP contribution in [0.2, 0.25) is 0 Å². The van der Waals surface area contributed by atoms with E-state index < -0.39 is 0 Å². The van der Waals surface area contributed by atoms with Gasteiger partial charge in [-0.2, -0.15) is 0 Å². The van der Waals surface area contributed by atoms with Crippen molar-refractivity contribution in [1.29, 1.82) is 0 Å². The second kappa shape index (κ2) is 4.67. The van der Waals surface area contributed by atoms with E-state index in [9.17, 15) is 4.79 Å². The predicted octanol–water partition coefficient (Wildman–Crippen LogP) is 2.03. The van der Waals surface area contributed by atoms with Gasteiger partial charge in [-0.05, 0) is 28.1 Å². The lowest BCUT2D eigenvalue weighted by atomic mass is 10.2. The molecule has 0 bridgehead atoms. The van der Waals surface area contributed by atoms with Gasteiger partial charge < -0.3 is 9.30 Å². The monoisotopic (exact) mass is 295 g/mol. The van der Waals surface area contributed by atoms with Gasteiger partial charge in [-0.25, -0.2) is 9.78 Å². The summed E-state index contributed by atoms with van der Waals surface area (Å²) in [6, 6.07) is 3.26.